The molecule has 4 N–H and O–H groups in total. The normalized spacial score (nSPS) is 13.5. The number of nitrogen functional groups attached to an aromatic ring is 1. The third-order valence-electron chi connectivity index (χ3n) is 8.09. The summed E-state index contributed by atoms with van der Waals surface area (Å²) >= 11 is 5.87. The molecule has 4 aromatic heterocycles. The molecule has 224 valence electrons. The van der Waals surface area contributed by atoms with Crippen LogP contribution in [0.15, 0.2) is 73.1 Å². The Morgan fingerprint density at radius 3 is 1.65 bits per heavy atom. The minimum atomic E-state index is -0.0915. The minimum Gasteiger partial charge on any atom is -0.384 e. The topological polar surface area (TPSA) is 167 Å². The molecule has 46 heavy (non-hydrogen) atoms. The fourth-order valence-electron chi connectivity index (χ4n) is 6.08. The van der Waals surface area contributed by atoms with E-state index in [-0.39, 0.29) is 11.8 Å². The van der Waals surface area contributed by atoms with Crippen LogP contribution in [0.1, 0.15) is 32.1 Å². The second-order valence-corrected chi connectivity index (χ2v) is 11.2. The van der Waals surface area contributed by atoms with Crippen LogP contribution in [0, 0.1) is 22.7 Å². The van der Waals surface area contributed by atoms with Gasteiger partial charge in [0, 0.05) is 71.6 Å². The minimum absolute atomic E-state index is 0.0904. The summed E-state index contributed by atoms with van der Waals surface area (Å²) in [6, 6.07) is 22.5. The molecule has 6 heterocycles. The van der Waals surface area contributed by atoms with Crippen molar-refractivity contribution in [1.82, 2.24) is 29.7 Å². The van der Waals surface area contributed by atoms with Crippen molar-refractivity contribution in [2.75, 3.05) is 18.8 Å². The van der Waals surface area contributed by atoms with E-state index in [0.717, 1.165) is 44.1 Å². The highest BCUT2D eigenvalue weighted by atomic mass is 35.5. The summed E-state index contributed by atoms with van der Waals surface area (Å²) in [5.74, 6) is 0.261. The summed E-state index contributed by atoms with van der Waals surface area (Å²) in [6.45, 7) is 2.58. The Morgan fingerprint density at radius 1 is 0.717 bits per heavy atom. The first kappa shape index (κ1) is 28.6. The molecule has 0 atom stereocenters. The lowest BCUT2D eigenvalue weighted by molar-refractivity contribution is 0.0921. The van der Waals surface area contributed by atoms with E-state index in [1.807, 2.05) is 51.6 Å². The van der Waals surface area contributed by atoms with Crippen molar-refractivity contribution in [2.24, 2.45) is 0 Å². The average molecular weight is 626 g/mol. The van der Waals surface area contributed by atoms with E-state index in [1.165, 1.54) is 0 Å². The van der Waals surface area contributed by atoms with Crippen molar-refractivity contribution >= 4 is 51.0 Å². The highest BCUT2D eigenvalue weighted by Gasteiger charge is 2.23. The zero-order chi connectivity index (χ0) is 31.9. The summed E-state index contributed by atoms with van der Waals surface area (Å²) in [6.07, 6.45) is 3.37. The molecule has 11 nitrogen and oxygen atoms in total. The van der Waals surface area contributed by atoms with E-state index in [9.17, 15) is 20.1 Å². The summed E-state index contributed by atoms with van der Waals surface area (Å²) in [5, 5.41) is 26.4. The molecule has 0 bridgehead atoms. The number of aromatic nitrogens is 4. The third-order valence-corrected chi connectivity index (χ3v) is 8.31. The predicted octanol–water partition coefficient (Wildman–Crippen LogP) is 4.87. The van der Waals surface area contributed by atoms with Crippen molar-refractivity contribution in [3.05, 3.63) is 101 Å². The maximum atomic E-state index is 12.1. The predicted molar refractivity (Wildman–Crippen MR) is 174 cm³/mol. The fourth-order valence-corrected chi connectivity index (χ4v) is 6.19. The molecule has 2 aliphatic heterocycles. The Hall–Kier alpha value is -6.17. The molecular weight excluding hydrogens is 602 g/mol. The first-order valence-electron chi connectivity index (χ1n) is 14.4. The molecule has 12 heteroatoms. The fraction of sp³-hybridized carbons (Fsp3) is 0.118. The first-order chi connectivity index (χ1) is 22.3. The summed E-state index contributed by atoms with van der Waals surface area (Å²) in [7, 11) is 0. The molecule has 0 fully saturated rings. The molecule has 0 spiro atoms. The van der Waals surface area contributed by atoms with Gasteiger partial charge in [-0.25, -0.2) is 9.97 Å². The number of nitrogens with one attached hydrogen (secondary N) is 2. The molecule has 8 rings (SSSR count). The van der Waals surface area contributed by atoms with E-state index in [0.29, 0.717) is 59.7 Å². The van der Waals surface area contributed by atoms with Gasteiger partial charge in [-0.15, -0.1) is 0 Å². The highest BCUT2D eigenvalue weighted by Crippen LogP contribution is 2.35. The largest absolute Gasteiger partial charge is 0.384 e. The van der Waals surface area contributed by atoms with Gasteiger partial charge in [-0.05, 0) is 60.7 Å². The van der Waals surface area contributed by atoms with Gasteiger partial charge in [-0.3, -0.25) is 9.59 Å². The van der Waals surface area contributed by atoms with Gasteiger partial charge in [0.2, 0.25) is 0 Å². The second kappa shape index (κ2) is 11.4. The van der Waals surface area contributed by atoms with Crippen LogP contribution in [0.3, 0.4) is 0 Å². The van der Waals surface area contributed by atoms with Crippen molar-refractivity contribution in [3.63, 3.8) is 0 Å². The number of carbonyl (C=O) groups is 2. The van der Waals surface area contributed by atoms with Crippen molar-refractivity contribution in [3.8, 4) is 34.4 Å². The third kappa shape index (κ3) is 4.95. The summed E-state index contributed by atoms with van der Waals surface area (Å²) in [5.41, 5.74) is 13.4. The van der Waals surface area contributed by atoms with Gasteiger partial charge >= 0.3 is 0 Å². The number of nitrogens with two attached hydrogens (primary N) is 1. The molecule has 6 aromatic rings. The monoisotopic (exact) mass is 625 g/mol. The van der Waals surface area contributed by atoms with Gasteiger partial charge in [-0.1, -0.05) is 11.6 Å². The second-order valence-electron chi connectivity index (χ2n) is 10.9. The molecule has 0 unspecified atom stereocenters. The van der Waals surface area contributed by atoms with Gasteiger partial charge in [0.15, 0.2) is 0 Å². The van der Waals surface area contributed by atoms with E-state index in [4.69, 9.17) is 17.3 Å². The number of rotatable bonds is 2. The number of fused-ring (bicyclic) bond motifs is 6. The van der Waals surface area contributed by atoms with Gasteiger partial charge in [0.25, 0.3) is 11.8 Å². The van der Waals surface area contributed by atoms with Crippen molar-refractivity contribution < 1.29 is 9.59 Å². The Labute approximate surface area is 267 Å². The molecule has 0 saturated heterocycles. The number of amides is 2. The van der Waals surface area contributed by atoms with Crippen LogP contribution >= 0.6 is 11.6 Å². The molecule has 0 aliphatic carbocycles. The molecule has 0 radical (unpaired) electrons. The van der Waals surface area contributed by atoms with Gasteiger partial charge in [-0.2, -0.15) is 10.5 Å². The van der Waals surface area contributed by atoms with Gasteiger partial charge < -0.3 is 25.5 Å². The quantitative estimate of drug-likeness (QED) is 0.231. The molecular formula is C34H24ClN9O2. The zero-order valence-electron chi connectivity index (χ0n) is 24.2. The summed E-state index contributed by atoms with van der Waals surface area (Å²) < 4.78 is 4.00. The maximum Gasteiger partial charge on any atom is 0.268 e. The number of carbonyl (C=O) groups excluding carboxylic acids is 2. The standard InChI is InChI=1S/C17H11ClN4O.C17H13N5O/c18-15-2-1-11(9-21-15)13-6-10(8-19)5-12-7-14-17(23)20-3-4-22(14)16(12)13;18-8-10-5-12-7-14-17(23)20-3-4-22(14)16(12)13(6-10)11-1-2-15(19)21-9-11/h1-2,5-7,9H,3-4H2,(H,20,23);1-2,5-7,9H,3-4H2,(H2,19,21)(H,20,23). The summed E-state index contributed by atoms with van der Waals surface area (Å²) in [4.78, 5) is 32.4. The Kier molecular flexibility index (Phi) is 7.08. The van der Waals surface area contributed by atoms with Crippen molar-refractivity contribution in [2.45, 2.75) is 13.1 Å². The average Bonchev–Trinajstić information content (AvgIpc) is 3.65. The molecule has 2 aromatic carbocycles. The van der Waals surface area contributed by atoms with E-state index < -0.39 is 0 Å². The smallest absolute Gasteiger partial charge is 0.268 e. The lowest BCUT2D eigenvalue weighted by Crippen LogP contribution is -2.34. The van der Waals surface area contributed by atoms with E-state index in [2.05, 4.69) is 32.7 Å². The number of nitrogens with zero attached hydrogens (tertiary/aromatic N) is 6. The molecule has 2 amide bonds. The Bertz CT molecular complexity index is 2130. The number of pyridine rings is 2. The van der Waals surface area contributed by atoms with Crippen LogP contribution in [-0.2, 0) is 13.1 Å². The lowest BCUT2D eigenvalue weighted by Gasteiger charge is -2.18. The number of anilines is 1. The SMILES string of the molecule is N#Cc1cc(-c2ccc(Cl)nc2)c2c(c1)cc1n2CCNC1=O.N#Cc1cc(-c2ccc(N)nc2)c2c(c1)cc1n2CCNC1=O. The Morgan fingerprint density at radius 2 is 1.22 bits per heavy atom. The van der Waals surface area contributed by atoms with Gasteiger partial charge in [0.05, 0.1) is 34.3 Å². The van der Waals surface area contributed by atoms with Gasteiger partial charge in [0.1, 0.15) is 22.4 Å². The number of benzene rings is 2. The van der Waals surface area contributed by atoms with Crippen LogP contribution in [-0.4, -0.2) is 44.0 Å². The Balaban J connectivity index is 0.000000147. The number of nitriles is 2. The van der Waals surface area contributed by atoms with Crippen LogP contribution in [0.4, 0.5) is 5.82 Å². The van der Waals surface area contributed by atoms with E-state index in [1.54, 1.807) is 30.6 Å². The van der Waals surface area contributed by atoms with Crippen LogP contribution in [0.25, 0.3) is 44.1 Å². The lowest BCUT2D eigenvalue weighted by atomic mass is 10.0. The number of halogens is 1. The van der Waals surface area contributed by atoms with E-state index >= 15 is 0 Å². The maximum absolute atomic E-state index is 12.1. The number of hydrogen-bond donors (Lipinski definition) is 3. The van der Waals surface area contributed by atoms with Crippen LogP contribution in [0.5, 0.6) is 0 Å². The molecule has 2 aliphatic rings. The first-order valence-corrected chi connectivity index (χ1v) is 14.8. The number of hydrogen-bond acceptors (Lipinski definition) is 7. The zero-order valence-corrected chi connectivity index (χ0v) is 25.0. The highest BCUT2D eigenvalue weighted by molar-refractivity contribution is 6.29. The molecule has 0 saturated carbocycles. The van der Waals surface area contributed by atoms with Crippen LogP contribution < -0.4 is 16.4 Å². The van der Waals surface area contributed by atoms with Crippen molar-refractivity contribution in [1.29, 1.82) is 10.5 Å². The van der Waals surface area contributed by atoms with Crippen LogP contribution in [0.2, 0.25) is 5.15 Å².